The van der Waals surface area contributed by atoms with Crippen molar-refractivity contribution in [2.24, 2.45) is 10.8 Å². The predicted octanol–water partition coefficient (Wildman–Crippen LogP) is 3.11. The van der Waals surface area contributed by atoms with Crippen LogP contribution in [0.1, 0.15) is 43.4 Å². The lowest BCUT2D eigenvalue weighted by molar-refractivity contribution is -0.256. The number of hydrogen-bond acceptors (Lipinski definition) is 10. The van der Waals surface area contributed by atoms with E-state index in [0.717, 1.165) is 12.0 Å². The second-order valence-electron chi connectivity index (χ2n) is 12.2. The Labute approximate surface area is 275 Å². The minimum atomic E-state index is -1.33. The lowest BCUT2D eigenvalue weighted by atomic mass is 9.83. The Morgan fingerprint density at radius 2 is 1.83 bits per heavy atom. The normalized spacial score (nSPS) is 28.1. The number of benzene rings is 2. The maximum Gasteiger partial charge on any atom is 0.407 e. The van der Waals surface area contributed by atoms with E-state index in [1.54, 1.807) is 0 Å². The third kappa shape index (κ3) is 9.64. The Hall–Kier alpha value is -3.75. The number of amides is 2. The molecule has 4 rings (SSSR count). The molecule has 0 bridgehead atoms. The average molecular weight is 654 g/mol. The zero-order valence-electron chi connectivity index (χ0n) is 27.4. The van der Waals surface area contributed by atoms with Crippen LogP contribution in [0.2, 0.25) is 0 Å². The smallest absolute Gasteiger partial charge is 0.407 e. The molecule has 1 aliphatic heterocycles. The first-order valence-corrected chi connectivity index (χ1v) is 15.9. The summed E-state index contributed by atoms with van der Waals surface area (Å²) in [6, 6.07) is 17.3. The Kier molecular flexibility index (Phi) is 13.4. The molecule has 2 aliphatic rings. The number of methoxy groups -OCH3 is 1. The molecule has 1 aliphatic carbocycles. The number of azide groups is 1. The van der Waals surface area contributed by atoms with Crippen LogP contribution in [0.4, 0.5) is 4.79 Å². The molecule has 1 heterocycles. The standard InChI is InChI=1S/C33H47N7O7/c1-21(23-13-9-6-10-14-23)39(2)19-24-15-16-25(34)32(46-24)47-31-26(37-38-35)17-27(44-4)29(30(31)42)40(3)28(41)18-36-33(43)45-20-22-11-7-5-8-12-22/h5-14,21,24-27,29-32,42H,15-20,34H2,1-4H3,(H,36,43)/t21-,24+,25-,26+,27+,29-,30-,31-,32-/m0/s1. The first-order valence-electron chi connectivity index (χ1n) is 15.9. The van der Waals surface area contributed by atoms with Gasteiger partial charge in [-0.05, 0) is 49.9 Å². The average Bonchev–Trinajstić information content (AvgIpc) is 3.09. The van der Waals surface area contributed by atoms with Crippen molar-refractivity contribution in [2.45, 2.75) is 87.7 Å². The molecular formula is C33H47N7O7. The van der Waals surface area contributed by atoms with E-state index >= 15 is 0 Å². The van der Waals surface area contributed by atoms with Crippen LogP contribution in [-0.4, -0.2) is 110 Å². The van der Waals surface area contributed by atoms with Gasteiger partial charge in [-0.15, -0.1) is 0 Å². The maximum atomic E-state index is 13.2. The highest BCUT2D eigenvalue weighted by Gasteiger charge is 2.49. The number of aliphatic hydroxyl groups is 1. The van der Waals surface area contributed by atoms with Crippen molar-refractivity contribution in [1.29, 1.82) is 0 Å². The number of aliphatic hydroxyl groups excluding tert-OH is 1. The van der Waals surface area contributed by atoms with Crippen LogP contribution in [0.3, 0.4) is 0 Å². The third-order valence-electron chi connectivity index (χ3n) is 9.08. The molecule has 1 saturated heterocycles. The fourth-order valence-corrected chi connectivity index (χ4v) is 6.19. The molecule has 9 atom stereocenters. The highest BCUT2D eigenvalue weighted by Crippen LogP contribution is 2.33. The number of nitrogens with zero attached hydrogens (tertiary/aromatic N) is 5. The molecule has 14 heteroatoms. The maximum absolute atomic E-state index is 13.2. The van der Waals surface area contributed by atoms with Crippen molar-refractivity contribution in [3.63, 3.8) is 0 Å². The van der Waals surface area contributed by atoms with Gasteiger partial charge in [-0.1, -0.05) is 65.8 Å². The molecule has 2 fully saturated rings. The number of carbonyl (C=O) groups excluding carboxylic acids is 2. The van der Waals surface area contributed by atoms with Crippen molar-refractivity contribution in [3.05, 3.63) is 82.2 Å². The Bertz CT molecular complexity index is 1330. The zero-order valence-corrected chi connectivity index (χ0v) is 27.4. The summed E-state index contributed by atoms with van der Waals surface area (Å²) in [5, 5.41) is 18.0. The quantitative estimate of drug-likeness (QED) is 0.166. The molecule has 4 N–H and O–H groups in total. The Balaban J connectivity index is 1.39. The van der Waals surface area contributed by atoms with Gasteiger partial charge in [0.2, 0.25) is 5.91 Å². The largest absolute Gasteiger partial charge is 0.445 e. The fraction of sp³-hybridized carbons (Fsp3) is 0.576. The van der Waals surface area contributed by atoms with E-state index in [1.165, 1.54) is 24.6 Å². The van der Waals surface area contributed by atoms with Gasteiger partial charge >= 0.3 is 6.09 Å². The number of ether oxygens (including phenoxy) is 4. The number of carbonyl (C=O) groups is 2. The van der Waals surface area contributed by atoms with Gasteiger partial charge in [-0.2, -0.15) is 0 Å². The van der Waals surface area contributed by atoms with Gasteiger partial charge in [0.25, 0.3) is 0 Å². The lowest BCUT2D eigenvalue weighted by Crippen LogP contribution is -2.65. The van der Waals surface area contributed by atoms with Crippen molar-refractivity contribution in [1.82, 2.24) is 15.1 Å². The number of nitrogens with one attached hydrogen (secondary N) is 1. The minimum absolute atomic E-state index is 0.0537. The molecule has 2 aromatic rings. The Morgan fingerprint density at radius 3 is 2.49 bits per heavy atom. The summed E-state index contributed by atoms with van der Waals surface area (Å²) in [6.45, 7) is 2.44. The number of nitrogens with two attached hydrogens (primary N) is 1. The number of rotatable bonds is 13. The van der Waals surface area contributed by atoms with Gasteiger partial charge in [0.05, 0.1) is 36.4 Å². The Morgan fingerprint density at radius 1 is 1.15 bits per heavy atom. The van der Waals surface area contributed by atoms with E-state index < -0.39 is 54.7 Å². The van der Waals surface area contributed by atoms with Gasteiger partial charge in [-0.3, -0.25) is 9.69 Å². The molecule has 2 amide bonds. The van der Waals surface area contributed by atoms with Crippen molar-refractivity contribution in [2.75, 3.05) is 34.3 Å². The highest BCUT2D eigenvalue weighted by atomic mass is 16.7. The van der Waals surface area contributed by atoms with E-state index in [0.29, 0.717) is 13.0 Å². The summed E-state index contributed by atoms with van der Waals surface area (Å²) in [6.07, 6.45) is -3.37. The molecular weight excluding hydrogens is 606 g/mol. The van der Waals surface area contributed by atoms with Gasteiger partial charge in [0.15, 0.2) is 6.29 Å². The van der Waals surface area contributed by atoms with Crippen LogP contribution in [0.15, 0.2) is 65.8 Å². The van der Waals surface area contributed by atoms with Gasteiger partial charge < -0.3 is 40.0 Å². The first kappa shape index (κ1) is 36.1. The zero-order chi connectivity index (χ0) is 33.9. The first-order chi connectivity index (χ1) is 22.6. The van der Waals surface area contributed by atoms with Crippen LogP contribution < -0.4 is 11.1 Å². The highest BCUT2D eigenvalue weighted by molar-refractivity contribution is 5.82. The number of likely N-dealkylation sites (N-methyl/N-ethyl adjacent to an activating group) is 2. The van der Waals surface area contributed by atoms with E-state index in [4.69, 9.17) is 24.7 Å². The van der Waals surface area contributed by atoms with E-state index in [2.05, 4.69) is 39.3 Å². The molecule has 0 aromatic heterocycles. The van der Waals surface area contributed by atoms with Crippen LogP contribution in [-0.2, 0) is 30.3 Å². The lowest BCUT2D eigenvalue weighted by Gasteiger charge is -2.48. The SMILES string of the molecule is CO[C@@H]1C[C@@H](N=[N+]=[N-])[C@H](O[C@@H]2O[C@@H](CN(C)[C@@H](C)c3ccccc3)CC[C@@H]2N)[C@@H](O)[C@H]1N(C)C(=O)CNC(=O)OCc1ccccc1. The summed E-state index contributed by atoms with van der Waals surface area (Å²) in [4.78, 5) is 31.9. The second kappa shape index (κ2) is 17.4. The minimum Gasteiger partial charge on any atom is -0.445 e. The molecule has 0 radical (unpaired) electrons. The van der Waals surface area contributed by atoms with Crippen LogP contribution in [0, 0.1) is 0 Å². The van der Waals surface area contributed by atoms with Crippen LogP contribution in [0.25, 0.3) is 10.4 Å². The van der Waals surface area contributed by atoms with Crippen LogP contribution >= 0.6 is 0 Å². The molecule has 47 heavy (non-hydrogen) atoms. The van der Waals surface area contributed by atoms with Gasteiger partial charge in [0.1, 0.15) is 19.3 Å². The van der Waals surface area contributed by atoms with E-state index in [9.17, 15) is 20.2 Å². The summed E-state index contributed by atoms with van der Waals surface area (Å²) >= 11 is 0. The summed E-state index contributed by atoms with van der Waals surface area (Å²) < 4.78 is 23.5. The van der Waals surface area contributed by atoms with E-state index in [1.807, 2.05) is 55.6 Å². The molecule has 256 valence electrons. The topological polar surface area (TPSA) is 185 Å². The van der Waals surface area contributed by atoms with Crippen LogP contribution in [0.5, 0.6) is 0 Å². The predicted molar refractivity (Wildman–Crippen MR) is 174 cm³/mol. The van der Waals surface area contributed by atoms with Crippen molar-refractivity contribution >= 4 is 12.0 Å². The van der Waals surface area contributed by atoms with Gasteiger partial charge in [0, 0.05) is 31.7 Å². The third-order valence-corrected chi connectivity index (χ3v) is 9.08. The van der Waals surface area contributed by atoms with Crippen molar-refractivity contribution in [3.8, 4) is 0 Å². The molecule has 0 spiro atoms. The molecule has 1 saturated carbocycles. The summed E-state index contributed by atoms with van der Waals surface area (Å²) in [5.74, 6) is -0.491. The summed E-state index contributed by atoms with van der Waals surface area (Å²) in [7, 11) is 4.99. The molecule has 2 aromatic carbocycles. The second-order valence-corrected chi connectivity index (χ2v) is 12.2. The molecule has 14 nitrogen and oxygen atoms in total. The van der Waals surface area contributed by atoms with Gasteiger partial charge in [-0.25, -0.2) is 4.79 Å². The molecule has 0 unspecified atom stereocenters. The van der Waals surface area contributed by atoms with Crippen molar-refractivity contribution < 1.29 is 33.6 Å². The summed E-state index contributed by atoms with van der Waals surface area (Å²) in [5.41, 5.74) is 17.8. The fourth-order valence-electron chi connectivity index (χ4n) is 6.19. The monoisotopic (exact) mass is 653 g/mol. The number of alkyl carbamates (subject to hydrolysis) is 1. The number of hydrogen-bond donors (Lipinski definition) is 3. The van der Waals surface area contributed by atoms with E-state index in [-0.39, 0.29) is 31.7 Å².